The number of carbonyl (C=O) groups excluding carboxylic acids is 1. The van der Waals surface area contributed by atoms with E-state index in [0.717, 1.165) is 5.56 Å². The number of hydrogen-bond donors (Lipinski definition) is 0. The van der Waals surface area contributed by atoms with Crippen LogP contribution in [-0.2, 0) is 5.75 Å². The van der Waals surface area contributed by atoms with E-state index in [0.29, 0.717) is 35.1 Å². The maximum absolute atomic E-state index is 13.7. The Hall–Kier alpha value is -2.14. The number of thioether (sulfide) groups is 1. The third kappa shape index (κ3) is 3.62. The molecule has 2 aromatic rings. The van der Waals surface area contributed by atoms with E-state index >= 15 is 0 Å². The lowest BCUT2D eigenvalue weighted by molar-refractivity contribution is 0.0860. The molecule has 0 saturated heterocycles. The van der Waals surface area contributed by atoms with Crippen LogP contribution in [0, 0.1) is 12.7 Å². The number of halogens is 1. The third-order valence-electron chi connectivity index (χ3n) is 3.63. The van der Waals surface area contributed by atoms with Crippen molar-refractivity contribution in [3.8, 4) is 0 Å². The van der Waals surface area contributed by atoms with Gasteiger partial charge < -0.3 is 0 Å². The molecule has 0 unspecified atom stereocenters. The molecule has 0 aliphatic carbocycles. The lowest BCUT2D eigenvalue weighted by atomic mass is 10.1. The fourth-order valence-corrected chi connectivity index (χ4v) is 3.46. The Labute approximate surface area is 139 Å². The number of aryl methyl sites for hydroxylation is 1. The minimum atomic E-state index is -0.227. The van der Waals surface area contributed by atoms with Gasteiger partial charge in [-0.1, -0.05) is 47.7 Å². The van der Waals surface area contributed by atoms with Crippen LogP contribution in [0.1, 0.15) is 21.5 Å². The van der Waals surface area contributed by atoms with Crippen LogP contribution in [0.15, 0.2) is 53.5 Å². The van der Waals surface area contributed by atoms with Crippen molar-refractivity contribution < 1.29 is 9.18 Å². The maximum Gasteiger partial charge on any atom is 0.259 e. The van der Waals surface area contributed by atoms with E-state index in [-0.39, 0.29) is 11.7 Å². The Morgan fingerprint density at radius 2 is 2.09 bits per heavy atom. The molecule has 0 fully saturated rings. The van der Waals surface area contributed by atoms with Gasteiger partial charge in [0.2, 0.25) is 0 Å². The van der Waals surface area contributed by atoms with Gasteiger partial charge in [0.25, 0.3) is 5.91 Å². The predicted molar refractivity (Wildman–Crippen MR) is 92.2 cm³/mol. The second-order valence-electron chi connectivity index (χ2n) is 5.37. The molecule has 2 aromatic carbocycles. The first-order valence-corrected chi connectivity index (χ1v) is 8.43. The van der Waals surface area contributed by atoms with Gasteiger partial charge in [0, 0.05) is 17.9 Å². The zero-order chi connectivity index (χ0) is 16.2. The van der Waals surface area contributed by atoms with Crippen LogP contribution in [-0.4, -0.2) is 29.1 Å². The molecule has 0 N–H and O–H groups in total. The number of amides is 1. The standard InChI is InChI=1S/C18H17FN2OS/c1-13-5-4-7-14(11-13)17(22)21-10-9-20-18(21)23-12-15-6-2-3-8-16(15)19/h2-8,11H,9-10,12H2,1H3. The zero-order valence-electron chi connectivity index (χ0n) is 12.8. The Bertz CT molecular complexity index is 760. The van der Waals surface area contributed by atoms with Gasteiger partial charge in [-0.2, -0.15) is 0 Å². The van der Waals surface area contributed by atoms with Gasteiger partial charge in [0.1, 0.15) is 5.82 Å². The topological polar surface area (TPSA) is 32.7 Å². The first kappa shape index (κ1) is 15.7. The normalized spacial score (nSPS) is 14.0. The third-order valence-corrected chi connectivity index (χ3v) is 4.69. The summed E-state index contributed by atoms with van der Waals surface area (Å²) in [5, 5.41) is 0.666. The monoisotopic (exact) mass is 328 g/mol. The van der Waals surface area contributed by atoms with Crippen molar-refractivity contribution in [1.82, 2.24) is 4.90 Å². The van der Waals surface area contributed by atoms with Gasteiger partial charge >= 0.3 is 0 Å². The van der Waals surface area contributed by atoms with Gasteiger partial charge in [0.05, 0.1) is 6.54 Å². The van der Waals surface area contributed by atoms with E-state index in [1.54, 1.807) is 17.0 Å². The van der Waals surface area contributed by atoms with Crippen LogP contribution in [0.3, 0.4) is 0 Å². The van der Waals surface area contributed by atoms with Gasteiger partial charge in [-0.3, -0.25) is 14.7 Å². The van der Waals surface area contributed by atoms with Gasteiger partial charge in [-0.15, -0.1) is 0 Å². The van der Waals surface area contributed by atoms with E-state index in [2.05, 4.69) is 4.99 Å². The summed E-state index contributed by atoms with van der Waals surface area (Å²) in [6.07, 6.45) is 0. The number of benzene rings is 2. The molecule has 0 saturated carbocycles. The Morgan fingerprint density at radius 3 is 2.87 bits per heavy atom. The predicted octanol–water partition coefficient (Wildman–Crippen LogP) is 3.88. The molecule has 1 aliphatic rings. The Kier molecular flexibility index (Phi) is 4.76. The maximum atomic E-state index is 13.7. The van der Waals surface area contributed by atoms with Crippen LogP contribution in [0.2, 0.25) is 0 Å². The summed E-state index contributed by atoms with van der Waals surface area (Å²) in [6.45, 7) is 3.13. The first-order chi connectivity index (χ1) is 11.1. The quantitative estimate of drug-likeness (QED) is 0.856. The largest absolute Gasteiger partial charge is 0.286 e. The molecule has 23 heavy (non-hydrogen) atoms. The van der Waals surface area contributed by atoms with Crippen LogP contribution in [0.5, 0.6) is 0 Å². The van der Waals surface area contributed by atoms with Crippen molar-refractivity contribution in [1.29, 1.82) is 0 Å². The second-order valence-corrected chi connectivity index (χ2v) is 6.31. The molecule has 1 heterocycles. The van der Waals surface area contributed by atoms with Gasteiger partial charge in [-0.25, -0.2) is 4.39 Å². The van der Waals surface area contributed by atoms with Crippen molar-refractivity contribution in [2.24, 2.45) is 4.99 Å². The minimum absolute atomic E-state index is 0.0500. The number of hydrogen-bond acceptors (Lipinski definition) is 3. The van der Waals surface area contributed by atoms with Gasteiger partial charge in [-0.05, 0) is 30.7 Å². The summed E-state index contributed by atoms with van der Waals surface area (Å²) in [7, 11) is 0. The average molecular weight is 328 g/mol. The molecule has 1 amide bonds. The van der Waals surface area contributed by atoms with Crippen molar-refractivity contribution in [2.75, 3.05) is 13.1 Å². The van der Waals surface area contributed by atoms with Crippen LogP contribution < -0.4 is 0 Å². The number of nitrogens with zero attached hydrogens (tertiary/aromatic N) is 2. The summed E-state index contributed by atoms with van der Waals surface area (Å²) in [5.41, 5.74) is 2.33. The fraction of sp³-hybridized carbons (Fsp3) is 0.222. The highest BCUT2D eigenvalue weighted by atomic mass is 32.2. The van der Waals surface area contributed by atoms with Gasteiger partial charge in [0.15, 0.2) is 5.17 Å². The molecule has 0 radical (unpaired) electrons. The first-order valence-electron chi connectivity index (χ1n) is 7.44. The molecular formula is C18H17FN2OS. The highest BCUT2D eigenvalue weighted by Crippen LogP contribution is 2.22. The number of amidine groups is 1. The number of aliphatic imine (C=N–C) groups is 1. The lowest BCUT2D eigenvalue weighted by Gasteiger charge is -2.18. The summed E-state index contributed by atoms with van der Waals surface area (Å²) in [5.74, 6) is 0.185. The number of rotatable bonds is 3. The van der Waals surface area contributed by atoms with Crippen molar-refractivity contribution in [3.05, 3.63) is 71.0 Å². The summed E-state index contributed by atoms with van der Waals surface area (Å²) in [4.78, 5) is 18.7. The van der Waals surface area contributed by atoms with Crippen molar-refractivity contribution in [2.45, 2.75) is 12.7 Å². The molecule has 0 spiro atoms. The highest BCUT2D eigenvalue weighted by molar-refractivity contribution is 8.13. The Morgan fingerprint density at radius 1 is 1.26 bits per heavy atom. The fourth-order valence-electron chi connectivity index (χ4n) is 2.43. The van der Waals surface area contributed by atoms with Crippen LogP contribution >= 0.6 is 11.8 Å². The average Bonchev–Trinajstić information content (AvgIpc) is 3.02. The van der Waals surface area contributed by atoms with Crippen molar-refractivity contribution in [3.63, 3.8) is 0 Å². The lowest BCUT2D eigenvalue weighted by Crippen LogP contribution is -2.32. The molecule has 0 bridgehead atoms. The molecule has 0 atom stereocenters. The Balaban J connectivity index is 1.70. The molecule has 118 valence electrons. The second kappa shape index (κ2) is 6.96. The van der Waals surface area contributed by atoms with Crippen LogP contribution in [0.4, 0.5) is 4.39 Å². The summed E-state index contributed by atoms with van der Waals surface area (Å²) in [6, 6.07) is 14.2. The molecule has 3 rings (SSSR count). The van der Waals surface area contributed by atoms with E-state index in [1.807, 2.05) is 37.3 Å². The van der Waals surface area contributed by atoms with E-state index in [1.165, 1.54) is 17.8 Å². The number of carbonyl (C=O) groups is 1. The molecule has 0 aromatic heterocycles. The zero-order valence-corrected chi connectivity index (χ0v) is 13.6. The van der Waals surface area contributed by atoms with Crippen LogP contribution in [0.25, 0.3) is 0 Å². The molecule has 3 nitrogen and oxygen atoms in total. The summed E-state index contributed by atoms with van der Waals surface area (Å²) >= 11 is 1.40. The van der Waals surface area contributed by atoms with Crippen molar-refractivity contribution >= 4 is 22.8 Å². The van der Waals surface area contributed by atoms with E-state index in [4.69, 9.17) is 0 Å². The molecular weight excluding hydrogens is 311 g/mol. The van der Waals surface area contributed by atoms with E-state index < -0.39 is 0 Å². The molecule has 1 aliphatic heterocycles. The summed E-state index contributed by atoms with van der Waals surface area (Å²) < 4.78 is 13.7. The SMILES string of the molecule is Cc1cccc(C(=O)N2CCN=C2SCc2ccccc2F)c1. The minimum Gasteiger partial charge on any atom is -0.286 e. The highest BCUT2D eigenvalue weighted by Gasteiger charge is 2.25. The molecule has 5 heteroatoms. The smallest absolute Gasteiger partial charge is 0.259 e. The van der Waals surface area contributed by atoms with E-state index in [9.17, 15) is 9.18 Å².